The van der Waals surface area contributed by atoms with Crippen LogP contribution in [0.25, 0.3) is 0 Å². The summed E-state index contributed by atoms with van der Waals surface area (Å²) < 4.78 is 49.4. The van der Waals surface area contributed by atoms with Crippen molar-refractivity contribution in [2.45, 2.75) is 82.4 Å². The minimum atomic E-state index is -3.01. The number of nitrogen functional groups attached to an aromatic ring is 1. The van der Waals surface area contributed by atoms with Crippen LogP contribution in [-0.4, -0.2) is 47.7 Å². The van der Waals surface area contributed by atoms with Crippen molar-refractivity contribution in [3.05, 3.63) is 29.6 Å². The van der Waals surface area contributed by atoms with E-state index in [1.165, 1.54) is 12.1 Å². The van der Waals surface area contributed by atoms with Gasteiger partial charge in [-0.1, -0.05) is 6.07 Å². The first kappa shape index (κ1) is 22.7. The normalized spacial score (nSPS) is 27.5. The summed E-state index contributed by atoms with van der Waals surface area (Å²) in [5.41, 5.74) is 5.26. The zero-order chi connectivity index (χ0) is 22.1. The number of alkyl carbamates (subject to hydrolysis) is 1. The van der Waals surface area contributed by atoms with Gasteiger partial charge in [0.15, 0.2) is 0 Å². The quantitative estimate of drug-likeness (QED) is 0.688. The van der Waals surface area contributed by atoms with Crippen molar-refractivity contribution in [3.63, 3.8) is 0 Å². The van der Waals surface area contributed by atoms with Crippen molar-refractivity contribution in [1.29, 1.82) is 0 Å². The second kappa shape index (κ2) is 8.65. The highest BCUT2D eigenvalue weighted by molar-refractivity contribution is 5.68. The molecule has 2 fully saturated rings. The number of alkyl halides is 2. The van der Waals surface area contributed by atoms with E-state index >= 15 is 0 Å². The zero-order valence-corrected chi connectivity index (χ0v) is 17.9. The number of nitrogens with zero attached hydrogens (tertiary/aromatic N) is 1. The predicted molar refractivity (Wildman–Crippen MR) is 110 cm³/mol. The largest absolute Gasteiger partial charge is 0.444 e. The highest BCUT2D eigenvalue weighted by Crippen LogP contribution is 2.43. The molecule has 30 heavy (non-hydrogen) atoms. The number of rotatable bonds is 3. The molecule has 0 aromatic heterocycles. The molecule has 1 saturated heterocycles. The Morgan fingerprint density at radius 3 is 2.43 bits per heavy atom. The summed E-state index contributed by atoms with van der Waals surface area (Å²) in [6, 6.07) is 4.01. The van der Waals surface area contributed by atoms with E-state index in [1.807, 2.05) is 25.7 Å². The summed E-state index contributed by atoms with van der Waals surface area (Å²) >= 11 is 0. The molecule has 3 rings (SSSR count). The maximum absolute atomic E-state index is 14.9. The third-order valence-corrected chi connectivity index (χ3v) is 5.96. The first-order valence-corrected chi connectivity index (χ1v) is 10.6. The third kappa shape index (κ3) is 5.59. The lowest BCUT2D eigenvalue weighted by molar-refractivity contribution is -0.0969. The molecule has 1 heterocycles. The number of hydrogen-bond acceptors (Lipinski definition) is 4. The SMILES string of the molecule is CC(C)(C)OC(=O)NC1CCC(N2CCC(c3ccc(N)cc3F)C(F)(F)C2)CC1. The molecular formula is C22H32F3N3O2. The molecule has 1 aromatic rings. The molecule has 5 nitrogen and oxygen atoms in total. The van der Waals surface area contributed by atoms with E-state index in [4.69, 9.17) is 10.5 Å². The van der Waals surface area contributed by atoms with E-state index in [2.05, 4.69) is 5.32 Å². The molecule has 0 radical (unpaired) electrons. The van der Waals surface area contributed by atoms with Gasteiger partial charge in [-0.2, -0.15) is 0 Å². The number of nitrogens with two attached hydrogens (primary N) is 1. The molecule has 1 saturated carbocycles. The Morgan fingerprint density at radius 1 is 1.20 bits per heavy atom. The maximum Gasteiger partial charge on any atom is 0.407 e. The Morgan fingerprint density at radius 2 is 1.87 bits per heavy atom. The second-order valence-electron chi connectivity index (χ2n) is 9.51. The van der Waals surface area contributed by atoms with Gasteiger partial charge in [0.05, 0.1) is 12.5 Å². The smallest absolute Gasteiger partial charge is 0.407 e. The number of hydrogen-bond donors (Lipinski definition) is 2. The Hall–Kier alpha value is -1.96. The minimum absolute atomic E-state index is 0.00183. The van der Waals surface area contributed by atoms with E-state index in [9.17, 15) is 18.0 Å². The van der Waals surface area contributed by atoms with Crippen molar-refractivity contribution in [1.82, 2.24) is 10.2 Å². The summed E-state index contributed by atoms with van der Waals surface area (Å²) in [6.07, 6.45) is 2.67. The van der Waals surface area contributed by atoms with Gasteiger partial charge in [0, 0.05) is 17.8 Å². The Balaban J connectivity index is 1.54. The number of anilines is 1. The molecule has 1 amide bonds. The van der Waals surface area contributed by atoms with E-state index in [-0.39, 0.29) is 36.3 Å². The second-order valence-corrected chi connectivity index (χ2v) is 9.51. The van der Waals surface area contributed by atoms with Crippen LogP contribution in [0.15, 0.2) is 18.2 Å². The summed E-state index contributed by atoms with van der Waals surface area (Å²) in [6.45, 7) is 5.55. The van der Waals surface area contributed by atoms with Crippen molar-refractivity contribution in [2.75, 3.05) is 18.8 Å². The van der Waals surface area contributed by atoms with Gasteiger partial charge in [-0.15, -0.1) is 0 Å². The number of piperidine rings is 1. The maximum atomic E-state index is 14.9. The number of carbonyl (C=O) groups excluding carboxylic acids is 1. The van der Waals surface area contributed by atoms with Crippen LogP contribution in [-0.2, 0) is 4.74 Å². The predicted octanol–water partition coefficient (Wildman–Crippen LogP) is 4.67. The Labute approximate surface area is 176 Å². The van der Waals surface area contributed by atoms with Crippen LogP contribution in [0.4, 0.5) is 23.7 Å². The lowest BCUT2D eigenvalue weighted by atomic mass is 9.83. The van der Waals surface area contributed by atoms with Crippen LogP contribution in [0.5, 0.6) is 0 Å². The van der Waals surface area contributed by atoms with Crippen molar-refractivity contribution < 1.29 is 22.7 Å². The fourth-order valence-electron chi connectivity index (χ4n) is 4.55. The molecule has 0 spiro atoms. The van der Waals surface area contributed by atoms with Gasteiger partial charge in [-0.05, 0) is 77.1 Å². The van der Waals surface area contributed by atoms with E-state index < -0.39 is 29.4 Å². The number of likely N-dealkylation sites (tertiary alicyclic amines) is 1. The van der Waals surface area contributed by atoms with Gasteiger partial charge in [-0.25, -0.2) is 18.0 Å². The van der Waals surface area contributed by atoms with Gasteiger partial charge in [0.2, 0.25) is 0 Å². The van der Waals surface area contributed by atoms with Gasteiger partial charge >= 0.3 is 6.09 Å². The molecule has 3 N–H and O–H groups in total. The molecule has 1 unspecified atom stereocenters. The highest BCUT2D eigenvalue weighted by Gasteiger charge is 2.47. The van der Waals surface area contributed by atoms with Crippen LogP contribution in [0, 0.1) is 5.82 Å². The van der Waals surface area contributed by atoms with Crippen molar-refractivity contribution in [2.24, 2.45) is 0 Å². The molecule has 0 bridgehead atoms. The number of ether oxygens (including phenoxy) is 1. The Bertz CT molecular complexity index is 758. The highest BCUT2D eigenvalue weighted by atomic mass is 19.3. The van der Waals surface area contributed by atoms with Gasteiger partial charge in [-0.3, -0.25) is 4.90 Å². The summed E-state index contributed by atoms with van der Waals surface area (Å²) in [4.78, 5) is 13.8. The topological polar surface area (TPSA) is 67.6 Å². The van der Waals surface area contributed by atoms with Gasteiger partial charge < -0.3 is 15.8 Å². The van der Waals surface area contributed by atoms with Crippen molar-refractivity contribution >= 4 is 11.8 Å². The van der Waals surface area contributed by atoms with Gasteiger partial charge in [0.25, 0.3) is 5.92 Å². The average Bonchev–Trinajstić information content (AvgIpc) is 2.61. The van der Waals surface area contributed by atoms with Crippen LogP contribution in [0.3, 0.4) is 0 Å². The Kier molecular flexibility index (Phi) is 6.55. The number of halogens is 3. The lowest BCUT2D eigenvalue weighted by Gasteiger charge is -2.44. The number of amides is 1. The minimum Gasteiger partial charge on any atom is -0.444 e. The monoisotopic (exact) mass is 427 g/mol. The third-order valence-electron chi connectivity index (χ3n) is 5.96. The molecule has 8 heteroatoms. The van der Waals surface area contributed by atoms with Crippen LogP contribution < -0.4 is 11.1 Å². The van der Waals surface area contributed by atoms with E-state index in [0.717, 1.165) is 31.7 Å². The molecule has 1 aliphatic carbocycles. The van der Waals surface area contributed by atoms with Crippen LogP contribution >= 0.6 is 0 Å². The molecule has 168 valence electrons. The van der Waals surface area contributed by atoms with Crippen molar-refractivity contribution in [3.8, 4) is 0 Å². The molecule has 1 aliphatic heterocycles. The van der Waals surface area contributed by atoms with E-state index in [0.29, 0.717) is 6.54 Å². The standard InChI is InChI=1S/C22H32F3N3O2/c1-21(2,3)30-20(29)27-15-5-7-16(8-6-15)28-11-10-18(22(24,25)13-28)17-9-4-14(26)12-19(17)23/h4,9,12,15-16,18H,5-8,10-11,13,26H2,1-3H3,(H,27,29). The zero-order valence-electron chi connectivity index (χ0n) is 17.9. The number of benzene rings is 1. The average molecular weight is 428 g/mol. The fourth-order valence-corrected chi connectivity index (χ4v) is 4.55. The number of carbonyl (C=O) groups is 1. The van der Waals surface area contributed by atoms with E-state index in [1.54, 1.807) is 0 Å². The lowest BCUT2D eigenvalue weighted by Crippen LogP contribution is -2.53. The molecular weight excluding hydrogens is 395 g/mol. The van der Waals surface area contributed by atoms with Gasteiger partial charge in [0.1, 0.15) is 11.4 Å². The first-order valence-electron chi connectivity index (χ1n) is 10.6. The molecule has 2 aliphatic rings. The summed E-state index contributed by atoms with van der Waals surface area (Å²) in [5, 5.41) is 2.87. The molecule has 1 aromatic carbocycles. The molecule has 1 atom stereocenters. The van der Waals surface area contributed by atoms with Crippen LogP contribution in [0.1, 0.15) is 64.4 Å². The first-order chi connectivity index (χ1) is 13.9. The fraction of sp³-hybridized carbons (Fsp3) is 0.682. The summed E-state index contributed by atoms with van der Waals surface area (Å²) in [7, 11) is 0. The summed E-state index contributed by atoms with van der Waals surface area (Å²) in [5.74, 6) is -4.82. The number of nitrogens with one attached hydrogen (secondary N) is 1. The van der Waals surface area contributed by atoms with Crippen LogP contribution in [0.2, 0.25) is 0 Å².